The highest BCUT2D eigenvalue weighted by Crippen LogP contribution is 2.24. The Morgan fingerprint density at radius 3 is 2.42 bits per heavy atom. The number of thioether (sulfide) groups is 1. The van der Waals surface area contributed by atoms with E-state index < -0.39 is 15.8 Å². The maximum Gasteiger partial charge on any atom is 0.261 e. The highest BCUT2D eigenvalue weighted by atomic mass is 35.5. The molecule has 0 unspecified atom stereocenters. The van der Waals surface area contributed by atoms with Gasteiger partial charge in [-0.3, -0.25) is 9.52 Å². The van der Waals surface area contributed by atoms with Crippen LogP contribution in [0.25, 0.3) is 0 Å². The summed E-state index contributed by atoms with van der Waals surface area (Å²) in [6.07, 6.45) is 0. The Bertz CT molecular complexity index is 1170. The lowest BCUT2D eigenvalue weighted by Gasteiger charge is -2.11. The molecule has 0 aromatic heterocycles. The summed E-state index contributed by atoms with van der Waals surface area (Å²) in [4.78, 5) is 12.2. The van der Waals surface area contributed by atoms with Gasteiger partial charge >= 0.3 is 0 Å². The predicted molar refractivity (Wildman–Crippen MR) is 125 cm³/mol. The third-order valence-corrected chi connectivity index (χ3v) is 7.07. The van der Waals surface area contributed by atoms with Crippen LogP contribution >= 0.6 is 23.4 Å². The largest absolute Gasteiger partial charge is 0.325 e. The van der Waals surface area contributed by atoms with Crippen LogP contribution in [0.3, 0.4) is 0 Å². The average Bonchev–Trinajstić information content (AvgIpc) is 2.72. The number of carbonyl (C=O) groups is 1. The van der Waals surface area contributed by atoms with Crippen molar-refractivity contribution < 1.29 is 17.6 Å². The van der Waals surface area contributed by atoms with Crippen LogP contribution in [-0.4, -0.2) is 20.1 Å². The van der Waals surface area contributed by atoms with Gasteiger partial charge in [-0.15, -0.1) is 11.8 Å². The van der Waals surface area contributed by atoms with Gasteiger partial charge in [0.1, 0.15) is 5.82 Å². The van der Waals surface area contributed by atoms with Gasteiger partial charge in [0.2, 0.25) is 5.91 Å². The molecule has 0 aliphatic rings. The average molecular weight is 479 g/mol. The summed E-state index contributed by atoms with van der Waals surface area (Å²) in [5.41, 5.74) is 2.14. The summed E-state index contributed by atoms with van der Waals surface area (Å²) >= 11 is 7.21. The second-order valence-electron chi connectivity index (χ2n) is 6.69. The van der Waals surface area contributed by atoms with Gasteiger partial charge in [-0.05, 0) is 55.0 Å². The lowest BCUT2D eigenvalue weighted by molar-refractivity contribution is -0.113. The number of benzene rings is 3. The molecule has 162 valence electrons. The Balaban J connectivity index is 1.56. The van der Waals surface area contributed by atoms with E-state index in [0.29, 0.717) is 22.0 Å². The predicted octanol–water partition coefficient (Wildman–Crippen LogP) is 5.46. The fourth-order valence-electron chi connectivity index (χ4n) is 2.72. The normalized spacial score (nSPS) is 11.2. The molecule has 2 N–H and O–H groups in total. The third kappa shape index (κ3) is 6.22. The van der Waals surface area contributed by atoms with Gasteiger partial charge in [-0.2, -0.15) is 0 Å². The van der Waals surface area contributed by atoms with Crippen LogP contribution in [0.2, 0.25) is 5.02 Å². The molecule has 0 saturated carbocycles. The van der Waals surface area contributed by atoms with E-state index in [2.05, 4.69) is 10.0 Å². The highest BCUT2D eigenvalue weighted by molar-refractivity contribution is 7.99. The molecule has 0 saturated heterocycles. The van der Waals surface area contributed by atoms with E-state index in [9.17, 15) is 17.6 Å². The number of amides is 1. The Morgan fingerprint density at radius 2 is 1.74 bits per heavy atom. The molecule has 0 aliphatic carbocycles. The van der Waals surface area contributed by atoms with E-state index in [4.69, 9.17) is 11.6 Å². The molecule has 0 fully saturated rings. The van der Waals surface area contributed by atoms with Gasteiger partial charge in [-0.1, -0.05) is 35.9 Å². The Labute approximate surface area is 190 Å². The van der Waals surface area contributed by atoms with Crippen LogP contribution in [0.1, 0.15) is 11.1 Å². The van der Waals surface area contributed by atoms with E-state index >= 15 is 0 Å². The summed E-state index contributed by atoms with van der Waals surface area (Å²) in [5.74, 6) is -0.331. The van der Waals surface area contributed by atoms with Crippen molar-refractivity contribution in [3.8, 4) is 0 Å². The van der Waals surface area contributed by atoms with Gasteiger partial charge in [0.25, 0.3) is 10.0 Å². The molecular formula is C22H20ClFN2O3S2. The van der Waals surface area contributed by atoms with Crippen LogP contribution in [0.5, 0.6) is 0 Å². The fraction of sp³-hybridized carbons (Fsp3) is 0.136. The minimum Gasteiger partial charge on any atom is -0.325 e. The number of carbonyl (C=O) groups excluding carboxylic acids is 1. The van der Waals surface area contributed by atoms with E-state index in [0.717, 1.165) is 5.56 Å². The van der Waals surface area contributed by atoms with Crippen LogP contribution in [-0.2, 0) is 20.6 Å². The zero-order valence-corrected chi connectivity index (χ0v) is 19.0. The molecular weight excluding hydrogens is 459 g/mol. The first-order chi connectivity index (χ1) is 14.8. The SMILES string of the molecule is Cc1ccccc1NS(=O)(=O)c1ccc(NC(=O)CSCc2c(F)cccc2Cl)cc1. The van der Waals surface area contributed by atoms with Gasteiger partial charge in [0.15, 0.2) is 0 Å². The van der Waals surface area contributed by atoms with Crippen molar-refractivity contribution in [1.82, 2.24) is 0 Å². The number of aryl methyl sites for hydroxylation is 1. The first-order valence-corrected chi connectivity index (χ1v) is 12.3. The minimum atomic E-state index is -3.75. The number of nitrogens with one attached hydrogen (secondary N) is 2. The summed E-state index contributed by atoms with van der Waals surface area (Å²) in [6.45, 7) is 1.81. The second-order valence-corrected chi connectivity index (χ2v) is 9.76. The Kier molecular flexibility index (Phi) is 7.59. The van der Waals surface area contributed by atoms with Crippen LogP contribution in [0.4, 0.5) is 15.8 Å². The van der Waals surface area contributed by atoms with Crippen molar-refractivity contribution in [2.45, 2.75) is 17.6 Å². The monoisotopic (exact) mass is 478 g/mol. The number of para-hydroxylation sites is 1. The molecule has 0 aliphatic heterocycles. The van der Waals surface area contributed by atoms with E-state index in [1.54, 1.807) is 18.2 Å². The van der Waals surface area contributed by atoms with E-state index in [1.165, 1.54) is 48.2 Å². The zero-order chi connectivity index (χ0) is 22.4. The number of hydrogen-bond acceptors (Lipinski definition) is 4. The number of rotatable bonds is 8. The summed E-state index contributed by atoms with van der Waals surface area (Å²) in [7, 11) is -3.75. The Morgan fingerprint density at radius 1 is 1.03 bits per heavy atom. The smallest absolute Gasteiger partial charge is 0.261 e. The van der Waals surface area contributed by atoms with Crippen LogP contribution < -0.4 is 10.0 Å². The quantitative estimate of drug-likeness (QED) is 0.450. The molecule has 0 spiro atoms. The molecule has 0 bridgehead atoms. The van der Waals surface area contributed by atoms with Gasteiger partial charge in [-0.25, -0.2) is 12.8 Å². The zero-order valence-electron chi connectivity index (χ0n) is 16.6. The molecule has 0 radical (unpaired) electrons. The first-order valence-electron chi connectivity index (χ1n) is 9.25. The topological polar surface area (TPSA) is 75.3 Å². The molecule has 3 aromatic rings. The second kappa shape index (κ2) is 10.2. The molecule has 31 heavy (non-hydrogen) atoms. The van der Waals surface area contributed by atoms with Crippen molar-refractivity contribution in [1.29, 1.82) is 0 Å². The lowest BCUT2D eigenvalue weighted by atomic mass is 10.2. The van der Waals surface area contributed by atoms with Gasteiger partial charge in [0.05, 0.1) is 16.3 Å². The van der Waals surface area contributed by atoms with Crippen molar-refractivity contribution >= 4 is 50.7 Å². The molecule has 0 heterocycles. The maximum atomic E-state index is 13.8. The molecule has 0 atom stereocenters. The number of halogens is 2. The van der Waals surface area contributed by atoms with E-state index in [1.807, 2.05) is 19.1 Å². The molecule has 9 heteroatoms. The molecule has 3 rings (SSSR count). The van der Waals surface area contributed by atoms with Crippen molar-refractivity contribution in [3.05, 3.63) is 88.7 Å². The Hall–Kier alpha value is -2.55. The lowest BCUT2D eigenvalue weighted by Crippen LogP contribution is -2.15. The first kappa shape index (κ1) is 23.1. The third-order valence-electron chi connectivity index (χ3n) is 4.38. The number of hydrogen-bond donors (Lipinski definition) is 2. The van der Waals surface area contributed by atoms with Crippen molar-refractivity contribution in [2.24, 2.45) is 0 Å². The van der Waals surface area contributed by atoms with Gasteiger partial charge < -0.3 is 5.32 Å². The fourth-order valence-corrected chi connectivity index (χ4v) is 5.02. The van der Waals surface area contributed by atoms with Crippen LogP contribution in [0, 0.1) is 12.7 Å². The van der Waals surface area contributed by atoms with Gasteiger partial charge in [0, 0.05) is 22.0 Å². The molecule has 3 aromatic carbocycles. The standard InChI is InChI=1S/C22H20ClFN2O3S2/c1-15-5-2-3-8-21(15)26-31(28,29)17-11-9-16(10-12-17)25-22(27)14-30-13-18-19(23)6-4-7-20(18)24/h2-12,26H,13-14H2,1H3,(H,25,27). The molecule has 5 nitrogen and oxygen atoms in total. The minimum absolute atomic E-state index is 0.0809. The highest BCUT2D eigenvalue weighted by Gasteiger charge is 2.15. The number of anilines is 2. The summed E-state index contributed by atoms with van der Waals surface area (Å²) in [6, 6.07) is 17.4. The molecule has 1 amide bonds. The van der Waals surface area contributed by atoms with Crippen molar-refractivity contribution in [3.63, 3.8) is 0 Å². The van der Waals surface area contributed by atoms with Crippen LogP contribution in [0.15, 0.2) is 71.6 Å². The van der Waals surface area contributed by atoms with Crippen molar-refractivity contribution in [2.75, 3.05) is 15.8 Å². The number of sulfonamides is 1. The maximum absolute atomic E-state index is 13.8. The summed E-state index contributed by atoms with van der Waals surface area (Å²) in [5, 5.41) is 3.02. The summed E-state index contributed by atoms with van der Waals surface area (Å²) < 4.78 is 41.5. The van der Waals surface area contributed by atoms with E-state index in [-0.39, 0.29) is 22.3 Å².